The molecule has 138 valence electrons. The van der Waals surface area contributed by atoms with E-state index in [4.69, 9.17) is 4.74 Å². The molecule has 2 aliphatic rings. The van der Waals surface area contributed by atoms with Crippen LogP contribution in [-0.2, 0) is 23.0 Å². The van der Waals surface area contributed by atoms with Gasteiger partial charge in [-0.1, -0.05) is 0 Å². The van der Waals surface area contributed by atoms with Gasteiger partial charge in [-0.15, -0.1) is 0 Å². The highest BCUT2D eigenvalue weighted by Crippen LogP contribution is 2.17. The molecule has 8 heteroatoms. The average molecular weight is 350 g/mol. The topological polar surface area (TPSA) is 96.4 Å². The highest BCUT2D eigenvalue weighted by Gasteiger charge is 2.24. The third-order valence-electron chi connectivity index (χ3n) is 5.04. The monoisotopic (exact) mass is 350 g/mol. The van der Waals surface area contributed by atoms with Crippen molar-refractivity contribution in [1.29, 1.82) is 0 Å². The fourth-order valence-corrected chi connectivity index (χ4v) is 3.53. The van der Waals surface area contributed by atoms with Crippen molar-refractivity contribution in [3.63, 3.8) is 0 Å². The highest BCUT2D eigenvalue weighted by atomic mass is 16.5. The van der Waals surface area contributed by atoms with E-state index in [0.717, 1.165) is 56.5 Å². The van der Waals surface area contributed by atoms with Gasteiger partial charge in [-0.05, 0) is 25.7 Å². The first-order valence-electron chi connectivity index (χ1n) is 8.94. The van der Waals surface area contributed by atoms with Gasteiger partial charge in [0.05, 0.1) is 12.5 Å². The van der Waals surface area contributed by atoms with Gasteiger partial charge < -0.3 is 19.9 Å². The number of ether oxygens (including phenoxy) is 1. The molecule has 1 aromatic rings. The van der Waals surface area contributed by atoms with Crippen molar-refractivity contribution in [1.82, 2.24) is 19.8 Å². The van der Waals surface area contributed by atoms with Gasteiger partial charge in [-0.2, -0.15) is 0 Å². The molecule has 25 heavy (non-hydrogen) atoms. The van der Waals surface area contributed by atoms with Crippen LogP contribution in [0, 0.1) is 0 Å². The third kappa shape index (κ3) is 4.58. The summed E-state index contributed by atoms with van der Waals surface area (Å²) in [4.78, 5) is 40.4. The number of carbonyl (C=O) groups is 1. The number of nitrogens with one attached hydrogen (secondary N) is 2. The molecule has 0 aliphatic carbocycles. The van der Waals surface area contributed by atoms with E-state index in [2.05, 4.69) is 15.2 Å². The molecule has 8 nitrogen and oxygen atoms in total. The van der Waals surface area contributed by atoms with Gasteiger partial charge in [0.15, 0.2) is 0 Å². The molecule has 0 unspecified atom stereocenters. The summed E-state index contributed by atoms with van der Waals surface area (Å²) in [6.45, 7) is 3.76. The maximum Gasteiger partial charge on any atom is 0.328 e. The summed E-state index contributed by atoms with van der Waals surface area (Å²) in [6, 6.07) is 0.139. The number of carbonyl (C=O) groups excluding carboxylic acids is 1. The lowest BCUT2D eigenvalue weighted by molar-refractivity contribution is -0.121. The second-order valence-electron chi connectivity index (χ2n) is 6.94. The number of amides is 1. The summed E-state index contributed by atoms with van der Waals surface area (Å²) in [5.41, 5.74) is -0.603. The quantitative estimate of drug-likeness (QED) is 0.737. The van der Waals surface area contributed by atoms with Gasteiger partial charge in [-0.25, -0.2) is 4.79 Å². The number of hydrogen-bond donors (Lipinski definition) is 2. The zero-order chi connectivity index (χ0) is 17.8. The van der Waals surface area contributed by atoms with E-state index in [0.29, 0.717) is 11.7 Å². The Hall–Kier alpha value is -1.93. The van der Waals surface area contributed by atoms with Gasteiger partial charge in [-0.3, -0.25) is 14.2 Å². The van der Waals surface area contributed by atoms with Crippen molar-refractivity contribution in [2.45, 2.75) is 44.2 Å². The lowest BCUT2D eigenvalue weighted by atomic mass is 10.0. The lowest BCUT2D eigenvalue weighted by Gasteiger charge is -2.33. The molecule has 2 aliphatic heterocycles. The molecule has 3 rings (SSSR count). The van der Waals surface area contributed by atoms with E-state index < -0.39 is 11.2 Å². The van der Waals surface area contributed by atoms with Crippen molar-refractivity contribution in [3.8, 4) is 0 Å². The second-order valence-corrected chi connectivity index (χ2v) is 6.94. The number of likely N-dealkylation sites (tertiary alicyclic amines) is 1. The normalized spacial score (nSPS) is 22.2. The number of piperidine rings is 1. The fraction of sp³-hybridized carbons (Fsp3) is 0.706. The lowest BCUT2D eigenvalue weighted by Crippen LogP contribution is -2.47. The summed E-state index contributed by atoms with van der Waals surface area (Å²) in [7, 11) is 1.40. The van der Waals surface area contributed by atoms with Gasteiger partial charge in [0, 0.05) is 51.1 Å². The minimum atomic E-state index is -0.479. The summed E-state index contributed by atoms with van der Waals surface area (Å²) >= 11 is 0. The van der Waals surface area contributed by atoms with Crippen LogP contribution in [0.1, 0.15) is 31.2 Å². The van der Waals surface area contributed by atoms with Gasteiger partial charge in [0.1, 0.15) is 0 Å². The Morgan fingerprint density at radius 2 is 2.08 bits per heavy atom. The SMILES string of the molecule is Cn1c(=O)[nH]cc(CC(=O)NC2CCN(C[C@H]3CCCO3)CC2)c1=O. The van der Waals surface area contributed by atoms with Crippen molar-refractivity contribution in [2.75, 3.05) is 26.2 Å². The molecule has 2 saturated heterocycles. The van der Waals surface area contributed by atoms with Crippen LogP contribution in [0.5, 0.6) is 0 Å². The molecule has 2 N–H and O–H groups in total. The summed E-state index contributed by atoms with van der Waals surface area (Å²) < 4.78 is 6.65. The maximum absolute atomic E-state index is 12.2. The van der Waals surface area contributed by atoms with E-state index >= 15 is 0 Å². The predicted molar refractivity (Wildman–Crippen MR) is 92.6 cm³/mol. The Labute approximate surface area is 146 Å². The first-order chi connectivity index (χ1) is 12.0. The van der Waals surface area contributed by atoms with E-state index in [1.54, 1.807) is 0 Å². The van der Waals surface area contributed by atoms with Crippen LogP contribution in [0.15, 0.2) is 15.8 Å². The van der Waals surface area contributed by atoms with Gasteiger partial charge >= 0.3 is 5.69 Å². The molecule has 3 heterocycles. The molecule has 1 atom stereocenters. The fourth-order valence-electron chi connectivity index (χ4n) is 3.53. The Morgan fingerprint density at radius 3 is 2.76 bits per heavy atom. The van der Waals surface area contributed by atoms with E-state index in [1.807, 2.05) is 0 Å². The van der Waals surface area contributed by atoms with Crippen molar-refractivity contribution in [2.24, 2.45) is 7.05 Å². The van der Waals surface area contributed by atoms with E-state index in [9.17, 15) is 14.4 Å². The largest absolute Gasteiger partial charge is 0.377 e. The Balaban J connectivity index is 1.45. The van der Waals surface area contributed by atoms with Crippen molar-refractivity contribution >= 4 is 5.91 Å². The zero-order valence-corrected chi connectivity index (χ0v) is 14.6. The number of nitrogens with zero attached hydrogens (tertiary/aromatic N) is 2. The number of aromatic nitrogens is 2. The summed E-state index contributed by atoms with van der Waals surface area (Å²) in [5.74, 6) is -0.179. The van der Waals surface area contributed by atoms with Crippen LogP contribution in [0.4, 0.5) is 0 Å². The van der Waals surface area contributed by atoms with Crippen LogP contribution in [-0.4, -0.2) is 58.7 Å². The standard InChI is InChI=1S/C17H26N4O4/c1-20-16(23)12(10-18-17(20)24)9-15(22)19-13-4-6-21(7-5-13)11-14-3-2-8-25-14/h10,13-14H,2-9,11H2,1H3,(H,18,24)(H,19,22)/t14-/m1/s1. The Kier molecular flexibility index (Phi) is 5.70. The number of H-pyrrole nitrogens is 1. The molecule has 0 radical (unpaired) electrons. The van der Waals surface area contributed by atoms with Crippen LogP contribution in [0.2, 0.25) is 0 Å². The van der Waals surface area contributed by atoms with Gasteiger partial charge in [0.2, 0.25) is 5.91 Å². The molecular formula is C17H26N4O4. The van der Waals surface area contributed by atoms with Gasteiger partial charge in [0.25, 0.3) is 5.56 Å². The maximum atomic E-state index is 12.2. The number of rotatable bonds is 5. The molecule has 2 fully saturated rings. The van der Waals surface area contributed by atoms with E-state index in [-0.39, 0.29) is 18.4 Å². The smallest absolute Gasteiger partial charge is 0.328 e. The minimum Gasteiger partial charge on any atom is -0.377 e. The van der Waals surface area contributed by atoms with Crippen molar-refractivity contribution < 1.29 is 9.53 Å². The van der Waals surface area contributed by atoms with Crippen molar-refractivity contribution in [3.05, 3.63) is 32.6 Å². The Morgan fingerprint density at radius 1 is 1.32 bits per heavy atom. The average Bonchev–Trinajstić information content (AvgIpc) is 3.10. The third-order valence-corrected chi connectivity index (χ3v) is 5.04. The molecule has 1 aromatic heterocycles. The second kappa shape index (κ2) is 7.97. The summed E-state index contributed by atoms with van der Waals surface area (Å²) in [6.07, 6.45) is 5.78. The zero-order valence-electron chi connectivity index (χ0n) is 14.6. The van der Waals surface area contributed by atoms with E-state index in [1.165, 1.54) is 13.2 Å². The highest BCUT2D eigenvalue weighted by molar-refractivity contribution is 5.78. The molecule has 0 bridgehead atoms. The molecule has 0 aromatic carbocycles. The van der Waals surface area contributed by atoms with Crippen LogP contribution < -0.4 is 16.6 Å². The predicted octanol–water partition coefficient (Wildman–Crippen LogP) is -0.624. The molecule has 0 spiro atoms. The molecule has 1 amide bonds. The van der Waals surface area contributed by atoms with Crippen LogP contribution in [0.25, 0.3) is 0 Å². The number of aromatic amines is 1. The summed E-state index contributed by atoms with van der Waals surface area (Å²) in [5, 5.41) is 3.01. The first kappa shape index (κ1) is 17.9. The number of hydrogen-bond acceptors (Lipinski definition) is 5. The molecule has 0 saturated carbocycles. The van der Waals surface area contributed by atoms with Crippen LogP contribution in [0.3, 0.4) is 0 Å². The minimum absolute atomic E-state index is 0.0143. The Bertz CT molecular complexity index is 712. The first-order valence-corrected chi connectivity index (χ1v) is 8.94. The van der Waals surface area contributed by atoms with Crippen LogP contribution >= 0.6 is 0 Å². The molecular weight excluding hydrogens is 324 g/mol.